The van der Waals surface area contributed by atoms with E-state index in [1.165, 1.54) is 0 Å². The Bertz CT molecular complexity index is 1100. The predicted octanol–water partition coefficient (Wildman–Crippen LogP) is 4.67. The summed E-state index contributed by atoms with van der Waals surface area (Å²) in [6.07, 6.45) is -0.998. The van der Waals surface area contributed by atoms with Crippen molar-refractivity contribution in [3.63, 3.8) is 0 Å². The van der Waals surface area contributed by atoms with Crippen molar-refractivity contribution in [1.29, 1.82) is 0 Å². The molecule has 5 nitrogen and oxygen atoms in total. The van der Waals surface area contributed by atoms with Crippen molar-refractivity contribution in [1.82, 2.24) is 10.3 Å². The second kappa shape index (κ2) is 7.60. The highest BCUT2D eigenvalue weighted by Crippen LogP contribution is 2.41. The molecular weight excluding hydrogens is 407 g/mol. The van der Waals surface area contributed by atoms with Gasteiger partial charge < -0.3 is 20.4 Å². The first kappa shape index (κ1) is 19.9. The van der Waals surface area contributed by atoms with E-state index in [1.807, 2.05) is 18.2 Å². The molecule has 2 aliphatic rings. The number of carbonyl (C=O) groups is 1. The minimum absolute atomic E-state index is 0.00138. The van der Waals surface area contributed by atoms with E-state index in [9.17, 15) is 18.0 Å². The molecule has 0 spiro atoms. The van der Waals surface area contributed by atoms with Gasteiger partial charge in [0.2, 0.25) is 5.91 Å². The molecule has 0 unspecified atom stereocenters. The summed E-state index contributed by atoms with van der Waals surface area (Å²) in [5.41, 5.74) is 1.92. The molecule has 2 heterocycles. The van der Waals surface area contributed by atoms with Crippen LogP contribution in [-0.2, 0) is 11.0 Å². The summed E-state index contributed by atoms with van der Waals surface area (Å²) in [6.45, 7) is 1.40. The second-order valence-electron chi connectivity index (χ2n) is 8.28. The maximum Gasteiger partial charge on any atom is 0.416 e. The minimum atomic E-state index is -4.31. The molecule has 0 atom stereocenters. The van der Waals surface area contributed by atoms with E-state index in [0.717, 1.165) is 47.1 Å². The highest BCUT2D eigenvalue weighted by Gasteiger charge is 2.34. The largest absolute Gasteiger partial charge is 0.490 e. The van der Waals surface area contributed by atoms with Crippen LogP contribution in [0.25, 0.3) is 10.9 Å². The third kappa shape index (κ3) is 3.99. The van der Waals surface area contributed by atoms with Crippen LogP contribution in [0.1, 0.15) is 29.9 Å². The first-order chi connectivity index (χ1) is 14.9. The Hall–Kier alpha value is -3.00. The van der Waals surface area contributed by atoms with Gasteiger partial charge in [-0.3, -0.25) is 4.79 Å². The average Bonchev–Trinajstić information content (AvgIpc) is 3.04. The SMILES string of the molecule is O=C(Nc1c[nH]c2ccc(O[C@H]3C[C@H](c4ccc(C(F)(F)F)cc4)C3)cc12)C1CNC1. The average molecular weight is 429 g/mol. The van der Waals surface area contributed by atoms with Gasteiger partial charge in [0, 0.05) is 30.2 Å². The predicted molar refractivity (Wildman–Crippen MR) is 111 cm³/mol. The Balaban J connectivity index is 1.21. The number of hydrogen-bond donors (Lipinski definition) is 3. The number of fused-ring (bicyclic) bond motifs is 1. The van der Waals surface area contributed by atoms with Gasteiger partial charge in [-0.05, 0) is 54.7 Å². The number of carbonyl (C=O) groups excluding carboxylic acids is 1. The van der Waals surface area contributed by atoms with Gasteiger partial charge in [-0.1, -0.05) is 12.1 Å². The number of anilines is 1. The van der Waals surface area contributed by atoms with Gasteiger partial charge in [-0.25, -0.2) is 0 Å². The van der Waals surface area contributed by atoms with Crippen molar-refractivity contribution >= 4 is 22.5 Å². The van der Waals surface area contributed by atoms with Crippen LogP contribution in [0.3, 0.4) is 0 Å². The Morgan fingerprint density at radius 2 is 1.81 bits per heavy atom. The fourth-order valence-electron chi connectivity index (χ4n) is 4.06. The lowest BCUT2D eigenvalue weighted by Crippen LogP contribution is -2.48. The number of alkyl halides is 3. The number of halogens is 3. The van der Waals surface area contributed by atoms with Gasteiger partial charge in [-0.15, -0.1) is 0 Å². The number of nitrogens with one attached hydrogen (secondary N) is 3. The molecule has 2 aromatic carbocycles. The molecule has 162 valence electrons. The van der Waals surface area contributed by atoms with Crippen molar-refractivity contribution in [3.8, 4) is 5.75 Å². The number of amides is 1. The first-order valence-electron chi connectivity index (χ1n) is 10.3. The van der Waals surface area contributed by atoms with Gasteiger partial charge in [0.25, 0.3) is 0 Å². The molecule has 1 saturated heterocycles. The Morgan fingerprint density at radius 1 is 1.06 bits per heavy atom. The van der Waals surface area contributed by atoms with E-state index in [0.29, 0.717) is 18.8 Å². The van der Waals surface area contributed by atoms with Crippen molar-refractivity contribution in [2.75, 3.05) is 18.4 Å². The number of benzene rings is 2. The van der Waals surface area contributed by atoms with Crippen LogP contribution in [0.5, 0.6) is 5.75 Å². The van der Waals surface area contributed by atoms with Crippen LogP contribution >= 0.6 is 0 Å². The lowest BCUT2D eigenvalue weighted by atomic mass is 9.77. The van der Waals surface area contributed by atoms with E-state index < -0.39 is 11.7 Å². The van der Waals surface area contributed by atoms with Crippen LogP contribution < -0.4 is 15.4 Å². The summed E-state index contributed by atoms with van der Waals surface area (Å²) in [5.74, 6) is 0.920. The van der Waals surface area contributed by atoms with E-state index in [1.54, 1.807) is 18.3 Å². The Morgan fingerprint density at radius 3 is 2.45 bits per heavy atom. The number of hydrogen-bond acceptors (Lipinski definition) is 3. The number of ether oxygens (including phenoxy) is 1. The van der Waals surface area contributed by atoms with Crippen LogP contribution in [-0.4, -0.2) is 30.1 Å². The van der Waals surface area contributed by atoms with Gasteiger partial charge in [0.15, 0.2) is 0 Å². The summed E-state index contributed by atoms with van der Waals surface area (Å²) in [7, 11) is 0. The molecule has 5 rings (SSSR count). The molecule has 1 aromatic heterocycles. The van der Waals surface area contributed by atoms with Crippen LogP contribution in [0.15, 0.2) is 48.7 Å². The fraction of sp³-hybridized carbons (Fsp3) is 0.348. The topological polar surface area (TPSA) is 66.2 Å². The van der Waals surface area contributed by atoms with Gasteiger partial charge in [-0.2, -0.15) is 13.2 Å². The molecule has 31 heavy (non-hydrogen) atoms. The monoisotopic (exact) mass is 429 g/mol. The first-order valence-corrected chi connectivity index (χ1v) is 10.3. The summed E-state index contributed by atoms with van der Waals surface area (Å²) in [4.78, 5) is 15.4. The maximum atomic E-state index is 12.7. The third-order valence-corrected chi connectivity index (χ3v) is 6.17. The molecule has 1 aliphatic carbocycles. The molecule has 8 heteroatoms. The van der Waals surface area contributed by atoms with Crippen LogP contribution in [0.4, 0.5) is 18.9 Å². The lowest BCUT2D eigenvalue weighted by Gasteiger charge is -2.35. The third-order valence-electron chi connectivity index (χ3n) is 6.17. The number of H-pyrrole nitrogens is 1. The zero-order chi connectivity index (χ0) is 21.6. The Labute approximate surface area is 177 Å². The Kier molecular flexibility index (Phi) is 4.89. The zero-order valence-corrected chi connectivity index (χ0v) is 16.6. The molecule has 3 aromatic rings. The van der Waals surface area contributed by atoms with Gasteiger partial charge in [0.1, 0.15) is 5.75 Å². The summed E-state index contributed by atoms with van der Waals surface area (Å²) >= 11 is 0. The minimum Gasteiger partial charge on any atom is -0.490 e. The van der Waals surface area contributed by atoms with Crippen LogP contribution in [0, 0.1) is 5.92 Å². The number of rotatable bonds is 5. The quantitative estimate of drug-likeness (QED) is 0.552. The lowest BCUT2D eigenvalue weighted by molar-refractivity contribution is -0.137. The molecule has 0 bridgehead atoms. The molecule has 3 N–H and O–H groups in total. The zero-order valence-electron chi connectivity index (χ0n) is 16.6. The van der Waals surface area contributed by atoms with Crippen molar-refractivity contribution in [2.24, 2.45) is 5.92 Å². The summed E-state index contributed by atoms with van der Waals surface area (Å²) in [6, 6.07) is 11.1. The summed E-state index contributed by atoms with van der Waals surface area (Å²) < 4.78 is 44.2. The van der Waals surface area contributed by atoms with Gasteiger partial charge in [0.05, 0.1) is 23.3 Å². The number of aromatic amines is 1. The van der Waals surface area contributed by atoms with Crippen molar-refractivity contribution in [2.45, 2.75) is 31.0 Å². The summed E-state index contributed by atoms with van der Waals surface area (Å²) in [5, 5.41) is 6.95. The smallest absolute Gasteiger partial charge is 0.416 e. The van der Waals surface area contributed by atoms with Crippen molar-refractivity contribution < 1.29 is 22.7 Å². The van der Waals surface area contributed by atoms with Crippen LogP contribution in [0.2, 0.25) is 0 Å². The molecule has 1 aliphatic heterocycles. The normalized spacial score (nSPS) is 21.4. The molecule has 0 radical (unpaired) electrons. The highest BCUT2D eigenvalue weighted by molar-refractivity contribution is 6.03. The van der Waals surface area contributed by atoms with E-state index in [4.69, 9.17) is 4.74 Å². The van der Waals surface area contributed by atoms with Crippen molar-refractivity contribution in [3.05, 3.63) is 59.8 Å². The highest BCUT2D eigenvalue weighted by atomic mass is 19.4. The maximum absolute atomic E-state index is 12.7. The second-order valence-corrected chi connectivity index (χ2v) is 8.28. The molecule has 1 amide bonds. The van der Waals surface area contributed by atoms with E-state index >= 15 is 0 Å². The van der Waals surface area contributed by atoms with E-state index in [2.05, 4.69) is 15.6 Å². The fourth-order valence-corrected chi connectivity index (χ4v) is 4.06. The van der Waals surface area contributed by atoms with E-state index in [-0.39, 0.29) is 23.8 Å². The molecular formula is C23H22F3N3O2. The van der Waals surface area contributed by atoms with Gasteiger partial charge >= 0.3 is 6.18 Å². The number of aromatic nitrogens is 1. The standard InChI is InChI=1S/C23H22F3N3O2/c24-23(25,26)16-3-1-13(2-4-16)14-7-18(8-14)31-17-5-6-20-19(9-17)21(12-28-20)29-22(30)15-10-27-11-15/h1-6,9,12,14-15,18,27-28H,7-8,10-11H2,(H,29,30)/t14-,18-. The molecule has 2 fully saturated rings. The molecule has 1 saturated carbocycles.